The molecule has 0 aliphatic heterocycles. The molecule has 0 aliphatic rings. The normalized spacial score (nSPS) is 11.6. The van der Waals surface area contributed by atoms with Gasteiger partial charge >= 0.3 is 0 Å². The Balaban J connectivity index is 1.37. The molecule has 0 atom stereocenters. The number of benzene rings is 4. The van der Waals surface area contributed by atoms with Crippen LogP contribution in [0.15, 0.2) is 91.3 Å². The third kappa shape index (κ3) is 4.17. The average molecular weight is 645 g/mol. The highest BCUT2D eigenvalue weighted by molar-refractivity contribution is 7.71. The molecule has 0 fully saturated rings. The molecule has 0 bridgehead atoms. The number of aromatic nitrogens is 8. The summed E-state index contributed by atoms with van der Waals surface area (Å²) >= 11 is 11.8. The average Bonchev–Trinajstić information content (AvgIpc) is 3.83. The van der Waals surface area contributed by atoms with Crippen molar-refractivity contribution in [2.24, 2.45) is 0 Å². The fourth-order valence-corrected chi connectivity index (χ4v) is 6.54. The largest absolute Gasteiger partial charge is 0.508 e. The summed E-state index contributed by atoms with van der Waals surface area (Å²) in [4.78, 5) is 6.59. The molecule has 6 N–H and O–H groups in total. The van der Waals surface area contributed by atoms with E-state index in [0.29, 0.717) is 32.4 Å². The summed E-state index contributed by atoms with van der Waals surface area (Å²) in [6, 6.07) is 23.1. The minimum absolute atomic E-state index is 0.0676. The lowest BCUT2D eigenvalue weighted by Gasteiger charge is -2.12. The zero-order valence-corrected chi connectivity index (χ0v) is 25.7. The van der Waals surface area contributed by atoms with Crippen LogP contribution in [0.1, 0.15) is 5.56 Å². The summed E-state index contributed by atoms with van der Waals surface area (Å²) in [5.41, 5.74) is 5.94. The van der Waals surface area contributed by atoms with Crippen LogP contribution in [-0.4, -0.2) is 54.4 Å². The van der Waals surface area contributed by atoms with E-state index in [0.717, 1.165) is 44.3 Å². The SMILES string of the molecule is Cc1cc(O)ccc1-c1n[nH]c(=S)n1-c1ccc(-n2nc(-c3ccc(O)cc3O)n(-c3cccc4[nH]ccc34)c2=S)c2[nH]ccc12. The monoisotopic (exact) mass is 644 g/mol. The first-order valence-corrected chi connectivity index (χ1v) is 15.0. The molecule has 13 heteroatoms. The molecule has 226 valence electrons. The van der Waals surface area contributed by atoms with E-state index in [4.69, 9.17) is 29.5 Å². The Kier molecular flexibility index (Phi) is 6.20. The van der Waals surface area contributed by atoms with E-state index in [-0.39, 0.29) is 17.2 Å². The predicted octanol–water partition coefficient (Wildman–Crippen LogP) is 7.36. The number of phenolic OH excluding ortho intramolecular Hbond substituents is 3. The van der Waals surface area contributed by atoms with Crippen molar-refractivity contribution >= 4 is 46.2 Å². The molecule has 8 aromatic rings. The maximum atomic E-state index is 10.9. The van der Waals surface area contributed by atoms with E-state index in [1.54, 1.807) is 22.9 Å². The van der Waals surface area contributed by atoms with Gasteiger partial charge in [-0.2, -0.15) is 5.10 Å². The van der Waals surface area contributed by atoms with Crippen molar-refractivity contribution in [3.8, 4) is 57.1 Å². The number of aryl methyl sites for hydroxylation is 1. The van der Waals surface area contributed by atoms with Crippen LogP contribution in [0.25, 0.3) is 61.6 Å². The molecule has 0 saturated carbocycles. The first kappa shape index (κ1) is 27.6. The Bertz CT molecular complexity index is 2600. The minimum atomic E-state index is -0.138. The number of aromatic hydroxyl groups is 3. The van der Waals surface area contributed by atoms with Crippen LogP contribution in [0.3, 0.4) is 0 Å². The summed E-state index contributed by atoms with van der Waals surface area (Å²) in [7, 11) is 0. The number of hydrogen-bond acceptors (Lipinski definition) is 7. The Morgan fingerprint density at radius 3 is 2.22 bits per heavy atom. The van der Waals surface area contributed by atoms with Crippen molar-refractivity contribution in [3.05, 3.63) is 106 Å². The number of rotatable bonds is 5. The van der Waals surface area contributed by atoms with Crippen molar-refractivity contribution in [2.45, 2.75) is 6.92 Å². The molecule has 4 heterocycles. The maximum absolute atomic E-state index is 10.9. The number of hydrogen-bond donors (Lipinski definition) is 6. The van der Waals surface area contributed by atoms with Crippen LogP contribution < -0.4 is 0 Å². The second-order valence-electron chi connectivity index (χ2n) is 10.8. The number of phenols is 3. The van der Waals surface area contributed by atoms with Gasteiger partial charge in [0.2, 0.25) is 4.77 Å². The van der Waals surface area contributed by atoms with Crippen molar-refractivity contribution in [1.29, 1.82) is 0 Å². The molecular weight excluding hydrogens is 621 g/mol. The lowest BCUT2D eigenvalue weighted by molar-refractivity contribution is 0.451. The standard InChI is InChI=1S/C33H24N8O3S2/c1-17-15-18(42)5-7-20(17)30-36-37-32(45)39(30)26-9-10-27(29-22(26)12-14-35-29)41-33(46)40(25-4-2-3-24-21(25)11-13-34-24)31(38-41)23-8-6-19(43)16-28(23)44/h2-16,34-35,42-44H,1H3,(H,37,45). The van der Waals surface area contributed by atoms with Gasteiger partial charge in [0.05, 0.1) is 28.1 Å². The molecule has 0 unspecified atom stereocenters. The molecule has 8 rings (SSSR count). The summed E-state index contributed by atoms with van der Waals surface area (Å²) in [5.74, 6) is 0.956. The van der Waals surface area contributed by atoms with Gasteiger partial charge in [-0.15, -0.1) is 5.10 Å². The topological polar surface area (TPSA) is 149 Å². The third-order valence-corrected chi connectivity index (χ3v) is 8.71. The van der Waals surface area contributed by atoms with Gasteiger partial charge in [-0.1, -0.05) is 6.07 Å². The third-order valence-electron chi connectivity index (χ3n) is 8.08. The zero-order valence-electron chi connectivity index (χ0n) is 24.1. The highest BCUT2D eigenvalue weighted by Gasteiger charge is 2.23. The fraction of sp³-hybridized carbons (Fsp3) is 0.0303. The first-order valence-electron chi connectivity index (χ1n) is 14.2. The predicted molar refractivity (Wildman–Crippen MR) is 180 cm³/mol. The van der Waals surface area contributed by atoms with Crippen LogP contribution in [0.4, 0.5) is 0 Å². The Hall–Kier alpha value is -5.92. The number of fused-ring (bicyclic) bond motifs is 2. The quantitative estimate of drug-likeness (QED) is 0.107. The molecule has 11 nitrogen and oxygen atoms in total. The van der Waals surface area contributed by atoms with Crippen LogP contribution in [0.2, 0.25) is 0 Å². The Morgan fingerprint density at radius 2 is 1.41 bits per heavy atom. The summed E-state index contributed by atoms with van der Waals surface area (Å²) in [5, 5.41) is 45.1. The molecule has 0 saturated heterocycles. The van der Waals surface area contributed by atoms with Gasteiger partial charge in [-0.05, 0) is 104 Å². The fourth-order valence-electron chi connectivity index (χ4n) is 5.99. The molecular formula is C33H24N8O3S2. The lowest BCUT2D eigenvalue weighted by atomic mass is 10.1. The molecule has 0 radical (unpaired) electrons. The van der Waals surface area contributed by atoms with Crippen molar-refractivity contribution < 1.29 is 15.3 Å². The number of aromatic amines is 3. The Labute approximate surface area is 270 Å². The van der Waals surface area contributed by atoms with Gasteiger partial charge < -0.3 is 25.3 Å². The smallest absolute Gasteiger partial charge is 0.207 e. The van der Waals surface area contributed by atoms with Crippen molar-refractivity contribution in [1.82, 2.24) is 39.1 Å². The van der Waals surface area contributed by atoms with Crippen LogP contribution in [0, 0.1) is 16.5 Å². The molecule has 4 aromatic carbocycles. The first-order chi connectivity index (χ1) is 22.3. The van der Waals surface area contributed by atoms with Gasteiger partial charge in [0.15, 0.2) is 16.4 Å². The summed E-state index contributed by atoms with van der Waals surface area (Å²) in [6.45, 7) is 1.90. The second-order valence-corrected chi connectivity index (χ2v) is 11.6. The van der Waals surface area contributed by atoms with Gasteiger partial charge in [-0.25, -0.2) is 4.68 Å². The van der Waals surface area contributed by atoms with Crippen LogP contribution >= 0.6 is 24.4 Å². The van der Waals surface area contributed by atoms with E-state index < -0.39 is 0 Å². The molecule has 0 aliphatic carbocycles. The zero-order chi connectivity index (χ0) is 31.7. The van der Waals surface area contributed by atoms with Gasteiger partial charge in [0.25, 0.3) is 0 Å². The highest BCUT2D eigenvalue weighted by atomic mass is 32.1. The van der Waals surface area contributed by atoms with E-state index in [9.17, 15) is 15.3 Å². The lowest BCUT2D eigenvalue weighted by Crippen LogP contribution is -2.03. The van der Waals surface area contributed by atoms with Crippen LogP contribution in [-0.2, 0) is 0 Å². The van der Waals surface area contributed by atoms with Crippen molar-refractivity contribution in [3.63, 3.8) is 0 Å². The van der Waals surface area contributed by atoms with E-state index in [1.807, 2.05) is 77.0 Å². The van der Waals surface area contributed by atoms with Crippen LogP contribution in [0.5, 0.6) is 17.2 Å². The highest BCUT2D eigenvalue weighted by Crippen LogP contribution is 2.37. The molecule has 46 heavy (non-hydrogen) atoms. The molecule has 0 spiro atoms. The van der Waals surface area contributed by atoms with E-state index in [2.05, 4.69) is 20.2 Å². The Morgan fingerprint density at radius 1 is 0.696 bits per heavy atom. The summed E-state index contributed by atoms with van der Waals surface area (Å²) < 4.78 is 6.10. The van der Waals surface area contributed by atoms with E-state index >= 15 is 0 Å². The molecule has 0 amide bonds. The summed E-state index contributed by atoms with van der Waals surface area (Å²) in [6.07, 6.45) is 3.69. The van der Waals surface area contributed by atoms with Gasteiger partial charge in [0.1, 0.15) is 17.2 Å². The second kappa shape index (κ2) is 10.3. The van der Waals surface area contributed by atoms with Gasteiger partial charge in [-0.3, -0.25) is 14.2 Å². The van der Waals surface area contributed by atoms with Crippen molar-refractivity contribution in [2.75, 3.05) is 0 Å². The molecule has 4 aromatic heterocycles. The van der Waals surface area contributed by atoms with Gasteiger partial charge in [0, 0.05) is 40.3 Å². The number of nitrogens with one attached hydrogen (secondary N) is 3. The number of H-pyrrole nitrogens is 3. The van der Waals surface area contributed by atoms with E-state index in [1.165, 1.54) is 12.1 Å². The number of nitrogens with zero attached hydrogens (tertiary/aromatic N) is 5. The maximum Gasteiger partial charge on any atom is 0.207 e. The minimum Gasteiger partial charge on any atom is -0.508 e.